The summed E-state index contributed by atoms with van der Waals surface area (Å²) in [6.07, 6.45) is 1.69. The van der Waals surface area contributed by atoms with Crippen molar-refractivity contribution in [3.05, 3.63) is 149 Å². The molecule has 0 atom stereocenters. The zero-order chi connectivity index (χ0) is 45.4. The van der Waals surface area contributed by atoms with Gasteiger partial charge in [-0.15, -0.1) is 29.3 Å². The Kier molecular flexibility index (Phi) is 12.3. The maximum Gasteiger partial charge on any atom is 0.148 e. The summed E-state index contributed by atoms with van der Waals surface area (Å²) < 4.78 is 2.28. The van der Waals surface area contributed by atoms with E-state index in [4.69, 9.17) is 15.0 Å². The zero-order valence-corrected chi connectivity index (χ0v) is 42.4. The molecule has 0 radical (unpaired) electrons. The van der Waals surface area contributed by atoms with Crippen LogP contribution in [-0.2, 0) is 42.7 Å². The number of aromatic hydroxyl groups is 1. The first-order chi connectivity index (χ1) is 29.5. The van der Waals surface area contributed by atoms with Crippen molar-refractivity contribution in [2.24, 2.45) is 0 Å². The minimum atomic E-state index is -0.328. The number of imidazole rings is 1. The van der Waals surface area contributed by atoms with E-state index in [1.165, 1.54) is 16.7 Å². The molecule has 2 aromatic heterocycles. The zero-order valence-electron chi connectivity index (χ0n) is 40.1. The summed E-state index contributed by atoms with van der Waals surface area (Å²) in [5.41, 5.74) is 15.2. The van der Waals surface area contributed by atoms with E-state index >= 15 is 0 Å². The maximum atomic E-state index is 12.5. The predicted molar refractivity (Wildman–Crippen MR) is 265 cm³/mol. The summed E-state index contributed by atoms with van der Waals surface area (Å²) in [6.45, 7) is 31.1. The predicted octanol–water partition coefficient (Wildman–Crippen LogP) is 15.5. The molecule has 6 heteroatoms. The van der Waals surface area contributed by atoms with E-state index in [1.807, 2.05) is 0 Å². The van der Waals surface area contributed by atoms with Gasteiger partial charge in [-0.3, -0.25) is 9.55 Å². The molecule has 332 valence electrons. The molecule has 0 saturated carbocycles. The van der Waals surface area contributed by atoms with Gasteiger partial charge in [0.15, 0.2) is 0 Å². The van der Waals surface area contributed by atoms with Gasteiger partial charge in [-0.2, -0.15) is 0 Å². The van der Waals surface area contributed by atoms with Crippen molar-refractivity contribution < 1.29 is 26.2 Å². The van der Waals surface area contributed by atoms with Crippen molar-refractivity contribution in [2.75, 3.05) is 0 Å². The van der Waals surface area contributed by atoms with Crippen LogP contribution >= 0.6 is 0 Å². The number of benzene rings is 6. The van der Waals surface area contributed by atoms with E-state index in [2.05, 4.69) is 217 Å². The largest absolute Gasteiger partial charge is 0.507 e. The Balaban J connectivity index is 0.00000612. The Morgan fingerprint density at radius 1 is 0.562 bits per heavy atom. The minimum absolute atomic E-state index is 0. The molecule has 0 amide bonds. The Labute approximate surface area is 395 Å². The normalized spacial score (nSPS) is 12.6. The van der Waals surface area contributed by atoms with E-state index in [-0.39, 0.29) is 48.5 Å². The van der Waals surface area contributed by atoms with Crippen LogP contribution in [0.3, 0.4) is 0 Å². The number of rotatable bonds is 6. The summed E-state index contributed by atoms with van der Waals surface area (Å²) in [4.78, 5) is 15.4. The van der Waals surface area contributed by atoms with Gasteiger partial charge in [-0.25, -0.2) is 9.97 Å². The van der Waals surface area contributed by atoms with Crippen LogP contribution in [0.15, 0.2) is 116 Å². The van der Waals surface area contributed by atoms with E-state index in [1.54, 1.807) is 6.33 Å². The number of phenolic OH excluding ortho intramolecular Hbond substituents is 1. The van der Waals surface area contributed by atoms with Crippen molar-refractivity contribution in [3.63, 3.8) is 0 Å². The average molecular weight is 1030 g/mol. The van der Waals surface area contributed by atoms with Crippen molar-refractivity contribution in [1.82, 2.24) is 19.5 Å². The quantitative estimate of drug-likeness (QED) is 0.169. The fourth-order valence-electron chi connectivity index (χ4n) is 8.66. The molecule has 5 nitrogen and oxygen atoms in total. The number of fused-ring (bicyclic) bond motifs is 2. The van der Waals surface area contributed by atoms with Gasteiger partial charge in [0, 0.05) is 37.9 Å². The molecule has 0 aliphatic rings. The Morgan fingerprint density at radius 2 is 1.19 bits per heavy atom. The fraction of sp³-hybridized carbons (Fsp3) is 0.328. The van der Waals surface area contributed by atoms with Crippen molar-refractivity contribution in [3.8, 4) is 56.3 Å². The second-order valence-corrected chi connectivity index (χ2v) is 21.8. The molecule has 0 saturated heterocycles. The molecule has 2 heterocycles. The maximum absolute atomic E-state index is 12.5. The van der Waals surface area contributed by atoms with E-state index < -0.39 is 0 Å². The molecule has 1 N–H and O–H groups in total. The molecule has 0 fully saturated rings. The molecule has 0 aliphatic carbocycles. The van der Waals surface area contributed by atoms with Crippen LogP contribution in [0.5, 0.6) is 5.75 Å². The number of hydrogen-bond donors (Lipinski definition) is 1. The van der Waals surface area contributed by atoms with E-state index in [0.717, 1.165) is 72.3 Å². The van der Waals surface area contributed by atoms with Gasteiger partial charge in [0.1, 0.15) is 17.9 Å². The molecule has 64 heavy (non-hydrogen) atoms. The minimum Gasteiger partial charge on any atom is -0.507 e. The molecular formula is C58H63N4OPt-. The molecule has 0 bridgehead atoms. The summed E-state index contributed by atoms with van der Waals surface area (Å²) in [7, 11) is 0. The summed E-state index contributed by atoms with van der Waals surface area (Å²) in [5.74, 6) is 1.25. The third-order valence-corrected chi connectivity index (χ3v) is 12.5. The molecule has 0 spiro atoms. The van der Waals surface area contributed by atoms with Gasteiger partial charge >= 0.3 is 0 Å². The van der Waals surface area contributed by atoms with Crippen molar-refractivity contribution in [1.29, 1.82) is 0 Å². The third kappa shape index (κ3) is 8.73. The molecule has 6 aromatic carbocycles. The van der Waals surface area contributed by atoms with Crippen LogP contribution in [0.1, 0.15) is 131 Å². The van der Waals surface area contributed by atoms with Gasteiger partial charge in [-0.05, 0) is 79.5 Å². The Morgan fingerprint density at radius 3 is 1.83 bits per heavy atom. The number of nitrogens with zero attached hydrogens (tertiary/aromatic N) is 4. The summed E-state index contributed by atoms with van der Waals surface area (Å²) >= 11 is 0. The van der Waals surface area contributed by atoms with Crippen LogP contribution in [0.25, 0.3) is 72.5 Å². The van der Waals surface area contributed by atoms with E-state index in [0.29, 0.717) is 17.3 Å². The third-order valence-electron chi connectivity index (χ3n) is 12.5. The summed E-state index contributed by atoms with van der Waals surface area (Å²) in [6, 6.07) is 43.0. The molecule has 8 aromatic rings. The second kappa shape index (κ2) is 16.9. The monoisotopic (exact) mass is 1030 g/mol. The number of aromatic nitrogens is 4. The van der Waals surface area contributed by atoms with Crippen LogP contribution in [0.2, 0.25) is 0 Å². The van der Waals surface area contributed by atoms with Gasteiger partial charge in [0.25, 0.3) is 0 Å². The second-order valence-electron chi connectivity index (χ2n) is 21.8. The fourth-order valence-corrected chi connectivity index (χ4v) is 8.66. The molecule has 0 unspecified atom stereocenters. The number of hydrogen-bond acceptors (Lipinski definition) is 4. The first kappa shape index (κ1) is 46.6. The molecular weight excluding hydrogens is 964 g/mol. The topological polar surface area (TPSA) is 63.8 Å². The first-order valence-corrected chi connectivity index (χ1v) is 22.4. The van der Waals surface area contributed by atoms with Crippen molar-refractivity contribution in [2.45, 2.75) is 125 Å². The van der Waals surface area contributed by atoms with Crippen molar-refractivity contribution >= 4 is 21.9 Å². The number of para-hydroxylation sites is 2. The first-order valence-electron chi connectivity index (χ1n) is 22.4. The standard InChI is InChI=1S/C58H63N4O.Pt/c1-35(2)42-22-18-24-44-50(59-34-60-51(42)44)38-28-37(29-40(30-38)56(6,7)8)43-23-19-25-49-52(43)61-54(46-32-41(57(9,10)11)33-47(53(46)63)58(12,13)14)62(49)48-27-26-39(55(3,4)5)31-45(48)36-20-16-15-17-21-36;/h15-27,29-35,63H,1-14H3;/q-1;. The Bertz CT molecular complexity index is 3020. The number of phenols is 1. The summed E-state index contributed by atoms with van der Waals surface area (Å²) in [5, 5.41) is 13.6. The van der Waals surface area contributed by atoms with Crippen LogP contribution < -0.4 is 0 Å². The van der Waals surface area contributed by atoms with Gasteiger partial charge in [0.05, 0.1) is 27.8 Å². The van der Waals surface area contributed by atoms with Gasteiger partial charge in [-0.1, -0.05) is 181 Å². The average Bonchev–Trinajstić information content (AvgIpc) is 3.61. The molecule has 0 aliphatic heterocycles. The van der Waals surface area contributed by atoms with Crippen LogP contribution in [0, 0.1) is 6.07 Å². The van der Waals surface area contributed by atoms with Crippen LogP contribution in [-0.4, -0.2) is 24.6 Å². The smallest absolute Gasteiger partial charge is 0.148 e. The molecule has 8 rings (SSSR count). The van der Waals surface area contributed by atoms with Gasteiger partial charge < -0.3 is 5.11 Å². The van der Waals surface area contributed by atoms with Gasteiger partial charge in [0.2, 0.25) is 0 Å². The SMILES string of the molecule is CC(C)c1cccc2c(-c3[c-]c(-c4cccc5c4nc(-c4cc(C(C)(C)C)cc(C(C)(C)C)c4O)n5-c4ccc(C(C)(C)C)cc4-c4ccccc4)cc(C(C)(C)C)c3)ncnc12.[Pt]. The van der Waals surface area contributed by atoms with Crippen LogP contribution in [0.4, 0.5) is 0 Å². The van der Waals surface area contributed by atoms with E-state index in [9.17, 15) is 5.11 Å². The Hall–Kier alpha value is -5.38.